The SMILES string of the molecule is CCNC(=O)CN1C(=O)NC2(CCC(CC)CC2)C1=O. The summed E-state index contributed by atoms with van der Waals surface area (Å²) in [6.07, 6.45) is 4.39. The second kappa shape index (κ2) is 5.81. The lowest BCUT2D eigenvalue weighted by atomic mass is 9.75. The van der Waals surface area contributed by atoms with E-state index in [0.717, 1.165) is 24.2 Å². The molecule has 20 heavy (non-hydrogen) atoms. The van der Waals surface area contributed by atoms with Crippen LogP contribution in [0.3, 0.4) is 0 Å². The smallest absolute Gasteiger partial charge is 0.325 e. The summed E-state index contributed by atoms with van der Waals surface area (Å²) >= 11 is 0. The van der Waals surface area contributed by atoms with Crippen molar-refractivity contribution in [2.24, 2.45) is 5.92 Å². The molecule has 0 aromatic rings. The van der Waals surface area contributed by atoms with Crippen molar-refractivity contribution in [1.29, 1.82) is 0 Å². The Morgan fingerprint density at radius 2 is 2.00 bits per heavy atom. The van der Waals surface area contributed by atoms with E-state index in [1.165, 1.54) is 0 Å². The van der Waals surface area contributed by atoms with Gasteiger partial charge in [-0.3, -0.25) is 14.5 Å². The predicted molar refractivity (Wildman–Crippen MR) is 73.9 cm³/mol. The molecular formula is C14H23N3O3. The normalized spacial score (nSPS) is 29.7. The fourth-order valence-electron chi connectivity index (χ4n) is 3.13. The van der Waals surface area contributed by atoms with Crippen LogP contribution in [-0.4, -0.2) is 41.4 Å². The number of hydrogen-bond acceptors (Lipinski definition) is 3. The number of likely N-dealkylation sites (N-methyl/N-ethyl adjacent to an activating group) is 1. The molecule has 112 valence electrons. The fourth-order valence-corrected chi connectivity index (χ4v) is 3.13. The summed E-state index contributed by atoms with van der Waals surface area (Å²) in [7, 11) is 0. The molecule has 1 saturated heterocycles. The maximum atomic E-state index is 12.5. The zero-order valence-electron chi connectivity index (χ0n) is 12.2. The number of carbonyl (C=O) groups excluding carboxylic acids is 3. The first-order chi connectivity index (χ1) is 9.52. The molecule has 1 spiro atoms. The monoisotopic (exact) mass is 281 g/mol. The molecule has 6 heteroatoms. The number of carbonyl (C=O) groups is 3. The minimum atomic E-state index is -0.755. The topological polar surface area (TPSA) is 78.5 Å². The van der Waals surface area contributed by atoms with Crippen LogP contribution in [0.25, 0.3) is 0 Å². The standard InChI is InChI=1S/C14H23N3O3/c1-3-10-5-7-14(8-6-10)12(19)17(13(20)16-14)9-11(18)15-4-2/h10H,3-9H2,1-2H3,(H,15,18)(H,16,20). The molecule has 2 aliphatic rings. The van der Waals surface area contributed by atoms with E-state index in [1.807, 2.05) is 0 Å². The van der Waals surface area contributed by atoms with E-state index in [-0.39, 0.29) is 18.4 Å². The summed E-state index contributed by atoms with van der Waals surface area (Å²) < 4.78 is 0. The molecule has 2 fully saturated rings. The average Bonchev–Trinajstić information content (AvgIpc) is 2.65. The van der Waals surface area contributed by atoms with Crippen LogP contribution in [0, 0.1) is 5.92 Å². The first kappa shape index (κ1) is 14.8. The zero-order chi connectivity index (χ0) is 14.8. The molecule has 0 aromatic heterocycles. The number of urea groups is 1. The van der Waals surface area contributed by atoms with Crippen molar-refractivity contribution in [3.8, 4) is 0 Å². The Morgan fingerprint density at radius 1 is 1.35 bits per heavy atom. The minimum absolute atomic E-state index is 0.183. The Kier molecular flexibility index (Phi) is 4.30. The Labute approximate surface area is 119 Å². The highest BCUT2D eigenvalue weighted by Gasteiger charge is 2.52. The van der Waals surface area contributed by atoms with Gasteiger partial charge < -0.3 is 10.6 Å². The van der Waals surface area contributed by atoms with Gasteiger partial charge in [-0.15, -0.1) is 0 Å². The fraction of sp³-hybridized carbons (Fsp3) is 0.786. The second-order valence-corrected chi connectivity index (χ2v) is 5.71. The highest BCUT2D eigenvalue weighted by molar-refractivity contribution is 6.09. The summed E-state index contributed by atoms with van der Waals surface area (Å²) in [6.45, 7) is 4.26. The maximum absolute atomic E-state index is 12.5. The minimum Gasteiger partial charge on any atom is -0.355 e. The molecule has 0 aromatic carbocycles. The molecule has 6 nitrogen and oxygen atoms in total. The van der Waals surface area contributed by atoms with Gasteiger partial charge in [0.15, 0.2) is 0 Å². The van der Waals surface area contributed by atoms with Crippen molar-refractivity contribution in [2.45, 2.75) is 51.5 Å². The molecule has 2 N–H and O–H groups in total. The van der Waals surface area contributed by atoms with E-state index >= 15 is 0 Å². The van der Waals surface area contributed by atoms with Gasteiger partial charge in [0.1, 0.15) is 12.1 Å². The largest absolute Gasteiger partial charge is 0.355 e. The van der Waals surface area contributed by atoms with Crippen molar-refractivity contribution < 1.29 is 14.4 Å². The number of nitrogens with zero attached hydrogens (tertiary/aromatic N) is 1. The van der Waals surface area contributed by atoms with Gasteiger partial charge in [0, 0.05) is 6.54 Å². The molecule has 0 bridgehead atoms. The molecule has 0 unspecified atom stereocenters. The molecule has 1 aliphatic heterocycles. The van der Waals surface area contributed by atoms with Crippen LogP contribution in [0.15, 0.2) is 0 Å². The second-order valence-electron chi connectivity index (χ2n) is 5.71. The van der Waals surface area contributed by atoms with Crippen LogP contribution >= 0.6 is 0 Å². The van der Waals surface area contributed by atoms with Crippen molar-refractivity contribution in [3.63, 3.8) is 0 Å². The van der Waals surface area contributed by atoms with Gasteiger partial charge in [0.25, 0.3) is 5.91 Å². The van der Waals surface area contributed by atoms with Crippen LogP contribution < -0.4 is 10.6 Å². The third-order valence-corrected chi connectivity index (χ3v) is 4.46. The number of nitrogens with one attached hydrogen (secondary N) is 2. The third kappa shape index (κ3) is 2.64. The first-order valence-electron chi connectivity index (χ1n) is 7.43. The zero-order valence-corrected chi connectivity index (χ0v) is 12.2. The van der Waals surface area contributed by atoms with E-state index in [1.54, 1.807) is 6.92 Å². The number of amides is 4. The molecule has 1 aliphatic carbocycles. The number of rotatable bonds is 4. The lowest BCUT2D eigenvalue weighted by Gasteiger charge is -2.34. The Hall–Kier alpha value is -1.59. The molecular weight excluding hydrogens is 258 g/mol. The maximum Gasteiger partial charge on any atom is 0.325 e. The van der Waals surface area contributed by atoms with Crippen molar-refractivity contribution in [3.05, 3.63) is 0 Å². The summed E-state index contributed by atoms with van der Waals surface area (Å²) in [6, 6.07) is -0.434. The van der Waals surface area contributed by atoms with Gasteiger partial charge in [-0.25, -0.2) is 4.79 Å². The van der Waals surface area contributed by atoms with Crippen molar-refractivity contribution >= 4 is 17.8 Å². The van der Waals surface area contributed by atoms with Crippen molar-refractivity contribution in [1.82, 2.24) is 15.5 Å². The van der Waals surface area contributed by atoms with E-state index in [4.69, 9.17) is 0 Å². The third-order valence-electron chi connectivity index (χ3n) is 4.46. The Bertz CT molecular complexity index is 414. The van der Waals surface area contributed by atoms with Gasteiger partial charge in [0.2, 0.25) is 5.91 Å². The van der Waals surface area contributed by atoms with Crippen LogP contribution in [0.5, 0.6) is 0 Å². The molecule has 2 rings (SSSR count). The lowest BCUT2D eigenvalue weighted by Crippen LogP contribution is -2.50. The predicted octanol–water partition coefficient (Wildman–Crippen LogP) is 1.01. The van der Waals surface area contributed by atoms with Gasteiger partial charge in [0.05, 0.1) is 0 Å². The quantitative estimate of drug-likeness (QED) is 0.755. The molecule has 0 atom stereocenters. The lowest BCUT2D eigenvalue weighted by molar-refractivity contribution is -0.136. The molecule has 1 saturated carbocycles. The molecule has 0 radical (unpaired) electrons. The number of hydrogen-bond donors (Lipinski definition) is 2. The summed E-state index contributed by atoms with van der Waals surface area (Å²) in [5.41, 5.74) is -0.755. The summed E-state index contributed by atoms with van der Waals surface area (Å²) in [4.78, 5) is 37.1. The first-order valence-corrected chi connectivity index (χ1v) is 7.43. The number of imide groups is 1. The van der Waals surface area contributed by atoms with Gasteiger partial charge in [-0.2, -0.15) is 0 Å². The average molecular weight is 281 g/mol. The van der Waals surface area contributed by atoms with Gasteiger partial charge in [-0.1, -0.05) is 13.3 Å². The van der Waals surface area contributed by atoms with Crippen LogP contribution in [0.2, 0.25) is 0 Å². The van der Waals surface area contributed by atoms with E-state index in [9.17, 15) is 14.4 Å². The van der Waals surface area contributed by atoms with Crippen LogP contribution in [0.4, 0.5) is 4.79 Å². The Balaban J connectivity index is 2.03. The van der Waals surface area contributed by atoms with E-state index in [2.05, 4.69) is 17.6 Å². The van der Waals surface area contributed by atoms with Gasteiger partial charge in [-0.05, 0) is 38.5 Å². The van der Waals surface area contributed by atoms with Crippen LogP contribution in [-0.2, 0) is 9.59 Å². The van der Waals surface area contributed by atoms with Crippen molar-refractivity contribution in [2.75, 3.05) is 13.1 Å². The highest BCUT2D eigenvalue weighted by atomic mass is 16.2. The molecule has 1 heterocycles. The van der Waals surface area contributed by atoms with E-state index < -0.39 is 11.6 Å². The summed E-state index contributed by atoms with van der Waals surface area (Å²) in [5.74, 6) is 0.112. The Morgan fingerprint density at radius 3 is 2.55 bits per heavy atom. The van der Waals surface area contributed by atoms with Gasteiger partial charge >= 0.3 is 6.03 Å². The summed E-state index contributed by atoms with van der Waals surface area (Å²) in [5, 5.41) is 5.43. The molecule has 4 amide bonds. The van der Waals surface area contributed by atoms with E-state index in [0.29, 0.717) is 25.3 Å². The van der Waals surface area contributed by atoms with Crippen LogP contribution in [0.1, 0.15) is 46.0 Å². The highest BCUT2D eigenvalue weighted by Crippen LogP contribution is 2.37.